The van der Waals surface area contributed by atoms with Crippen LogP contribution in [0.1, 0.15) is 38.7 Å². The van der Waals surface area contributed by atoms with Crippen LogP contribution in [0.2, 0.25) is 0 Å². The standard InChI is InChI=1S/C12H19NO/c1-9(8-12(2,3)13)10-5-4-6-11(14)7-10/h4-7,9,14H,8,13H2,1-3H3. The van der Waals surface area contributed by atoms with Crippen molar-refractivity contribution < 1.29 is 5.11 Å². The highest BCUT2D eigenvalue weighted by molar-refractivity contribution is 5.29. The quantitative estimate of drug-likeness (QED) is 0.775. The third kappa shape index (κ3) is 3.38. The Bertz CT molecular complexity index is 301. The van der Waals surface area contributed by atoms with Crippen molar-refractivity contribution in [3.8, 4) is 5.75 Å². The third-order valence-corrected chi connectivity index (χ3v) is 2.27. The summed E-state index contributed by atoms with van der Waals surface area (Å²) in [5.41, 5.74) is 6.93. The number of benzene rings is 1. The number of phenolic OH excluding ortho intramolecular Hbond substituents is 1. The van der Waals surface area contributed by atoms with Gasteiger partial charge in [-0.1, -0.05) is 19.1 Å². The van der Waals surface area contributed by atoms with Gasteiger partial charge in [-0.15, -0.1) is 0 Å². The van der Waals surface area contributed by atoms with Gasteiger partial charge in [0, 0.05) is 5.54 Å². The zero-order valence-corrected chi connectivity index (χ0v) is 9.12. The van der Waals surface area contributed by atoms with Crippen LogP contribution in [0.25, 0.3) is 0 Å². The lowest BCUT2D eigenvalue weighted by Crippen LogP contribution is -2.33. The number of nitrogens with two attached hydrogens (primary N) is 1. The fourth-order valence-electron chi connectivity index (χ4n) is 1.74. The first kappa shape index (κ1) is 11.1. The van der Waals surface area contributed by atoms with Gasteiger partial charge in [-0.2, -0.15) is 0 Å². The largest absolute Gasteiger partial charge is 0.508 e. The fraction of sp³-hybridized carbons (Fsp3) is 0.500. The molecular formula is C12H19NO. The zero-order chi connectivity index (χ0) is 10.8. The molecule has 0 aliphatic heterocycles. The van der Waals surface area contributed by atoms with Gasteiger partial charge in [0.1, 0.15) is 5.75 Å². The van der Waals surface area contributed by atoms with E-state index in [-0.39, 0.29) is 5.54 Å². The van der Waals surface area contributed by atoms with Crippen molar-refractivity contribution >= 4 is 0 Å². The lowest BCUT2D eigenvalue weighted by Gasteiger charge is -2.23. The Morgan fingerprint density at radius 3 is 2.57 bits per heavy atom. The van der Waals surface area contributed by atoms with Crippen LogP contribution in [-0.2, 0) is 0 Å². The van der Waals surface area contributed by atoms with E-state index >= 15 is 0 Å². The minimum absolute atomic E-state index is 0.162. The first-order valence-corrected chi connectivity index (χ1v) is 4.96. The molecule has 0 radical (unpaired) electrons. The fourth-order valence-corrected chi connectivity index (χ4v) is 1.74. The molecule has 0 aromatic heterocycles. The highest BCUT2D eigenvalue weighted by Crippen LogP contribution is 2.26. The van der Waals surface area contributed by atoms with Crippen molar-refractivity contribution in [3.63, 3.8) is 0 Å². The molecule has 14 heavy (non-hydrogen) atoms. The van der Waals surface area contributed by atoms with Gasteiger partial charge in [0.15, 0.2) is 0 Å². The molecule has 0 fully saturated rings. The average Bonchev–Trinajstić information content (AvgIpc) is 2.01. The molecule has 0 amide bonds. The first-order chi connectivity index (χ1) is 6.38. The maximum atomic E-state index is 9.33. The molecule has 1 aromatic carbocycles. The number of hydrogen-bond acceptors (Lipinski definition) is 2. The van der Waals surface area contributed by atoms with Crippen LogP contribution in [-0.4, -0.2) is 10.6 Å². The van der Waals surface area contributed by atoms with E-state index in [4.69, 9.17) is 5.73 Å². The minimum atomic E-state index is -0.162. The lowest BCUT2D eigenvalue weighted by molar-refractivity contribution is 0.434. The lowest BCUT2D eigenvalue weighted by atomic mass is 9.88. The molecule has 78 valence electrons. The normalized spacial score (nSPS) is 14.0. The highest BCUT2D eigenvalue weighted by atomic mass is 16.3. The van der Waals surface area contributed by atoms with Crippen LogP contribution in [0.15, 0.2) is 24.3 Å². The van der Waals surface area contributed by atoms with Crippen LogP contribution in [0, 0.1) is 0 Å². The Morgan fingerprint density at radius 2 is 2.07 bits per heavy atom. The first-order valence-electron chi connectivity index (χ1n) is 4.96. The molecule has 1 unspecified atom stereocenters. The summed E-state index contributed by atoms with van der Waals surface area (Å²) < 4.78 is 0. The number of aromatic hydroxyl groups is 1. The van der Waals surface area contributed by atoms with Gasteiger partial charge in [0.05, 0.1) is 0 Å². The van der Waals surface area contributed by atoms with Crippen molar-refractivity contribution in [2.75, 3.05) is 0 Å². The van der Waals surface area contributed by atoms with Crippen LogP contribution in [0.4, 0.5) is 0 Å². The van der Waals surface area contributed by atoms with E-state index in [1.54, 1.807) is 12.1 Å². The van der Waals surface area contributed by atoms with Crippen LogP contribution in [0.5, 0.6) is 5.75 Å². The van der Waals surface area contributed by atoms with Crippen molar-refractivity contribution in [3.05, 3.63) is 29.8 Å². The van der Waals surface area contributed by atoms with Gasteiger partial charge in [0.25, 0.3) is 0 Å². The van der Waals surface area contributed by atoms with Crippen molar-refractivity contribution in [1.29, 1.82) is 0 Å². The molecule has 0 heterocycles. The predicted molar refractivity (Wildman–Crippen MR) is 59.4 cm³/mol. The monoisotopic (exact) mass is 193 g/mol. The molecule has 0 saturated carbocycles. The summed E-state index contributed by atoms with van der Waals surface area (Å²) >= 11 is 0. The van der Waals surface area contributed by atoms with Crippen LogP contribution >= 0.6 is 0 Å². The smallest absolute Gasteiger partial charge is 0.115 e. The molecule has 0 aliphatic rings. The molecule has 3 N–H and O–H groups in total. The SMILES string of the molecule is CC(CC(C)(C)N)c1cccc(O)c1. The van der Waals surface area contributed by atoms with Crippen LogP contribution < -0.4 is 5.73 Å². The Morgan fingerprint density at radius 1 is 1.43 bits per heavy atom. The second kappa shape index (κ2) is 4.01. The summed E-state index contributed by atoms with van der Waals surface area (Å²) in [6.45, 7) is 6.17. The second-order valence-electron chi connectivity index (χ2n) is 4.69. The molecule has 0 saturated heterocycles. The second-order valence-corrected chi connectivity index (χ2v) is 4.69. The Kier molecular flexibility index (Phi) is 3.17. The molecular weight excluding hydrogens is 174 g/mol. The summed E-state index contributed by atoms with van der Waals surface area (Å²) in [4.78, 5) is 0. The van der Waals surface area contributed by atoms with Gasteiger partial charge in [0.2, 0.25) is 0 Å². The van der Waals surface area contributed by atoms with Gasteiger partial charge in [-0.25, -0.2) is 0 Å². The van der Waals surface area contributed by atoms with Crippen molar-refractivity contribution in [2.45, 2.75) is 38.6 Å². The Hall–Kier alpha value is -1.02. The van der Waals surface area contributed by atoms with Gasteiger partial charge >= 0.3 is 0 Å². The van der Waals surface area contributed by atoms with Crippen molar-refractivity contribution in [2.24, 2.45) is 5.73 Å². The van der Waals surface area contributed by atoms with Crippen molar-refractivity contribution in [1.82, 2.24) is 0 Å². The van der Waals surface area contributed by atoms with Gasteiger partial charge in [-0.3, -0.25) is 0 Å². The summed E-state index contributed by atoms with van der Waals surface area (Å²) in [6, 6.07) is 7.38. The van der Waals surface area contributed by atoms with E-state index in [9.17, 15) is 5.11 Å². The minimum Gasteiger partial charge on any atom is -0.508 e. The Labute approximate surface area is 85.8 Å². The topological polar surface area (TPSA) is 46.2 Å². The molecule has 0 aliphatic carbocycles. The molecule has 1 atom stereocenters. The van der Waals surface area contributed by atoms with E-state index in [1.807, 2.05) is 26.0 Å². The molecule has 0 spiro atoms. The summed E-state index contributed by atoms with van der Waals surface area (Å²) in [5, 5.41) is 9.33. The molecule has 0 bridgehead atoms. The molecule has 2 heteroatoms. The maximum Gasteiger partial charge on any atom is 0.115 e. The number of rotatable bonds is 3. The zero-order valence-electron chi connectivity index (χ0n) is 9.12. The molecule has 1 rings (SSSR count). The summed E-state index contributed by atoms with van der Waals surface area (Å²) in [6.07, 6.45) is 0.913. The number of phenols is 1. The maximum absolute atomic E-state index is 9.33. The van der Waals surface area contributed by atoms with Gasteiger partial charge < -0.3 is 10.8 Å². The summed E-state index contributed by atoms with van der Waals surface area (Å²) in [7, 11) is 0. The van der Waals surface area contributed by atoms with E-state index < -0.39 is 0 Å². The molecule has 2 nitrogen and oxygen atoms in total. The van der Waals surface area contributed by atoms with E-state index in [0.29, 0.717) is 11.7 Å². The third-order valence-electron chi connectivity index (χ3n) is 2.27. The van der Waals surface area contributed by atoms with Gasteiger partial charge in [-0.05, 0) is 43.9 Å². The highest BCUT2D eigenvalue weighted by Gasteiger charge is 2.16. The number of hydrogen-bond donors (Lipinski definition) is 2. The van der Waals surface area contributed by atoms with E-state index in [1.165, 1.54) is 0 Å². The van der Waals surface area contributed by atoms with Crippen LogP contribution in [0.3, 0.4) is 0 Å². The average molecular weight is 193 g/mol. The Balaban J connectivity index is 2.74. The summed E-state index contributed by atoms with van der Waals surface area (Å²) in [5.74, 6) is 0.700. The van der Waals surface area contributed by atoms with E-state index in [0.717, 1.165) is 12.0 Å². The predicted octanol–water partition coefficient (Wildman–Crippen LogP) is 2.62. The molecule has 1 aromatic rings. The van der Waals surface area contributed by atoms with E-state index in [2.05, 4.69) is 6.92 Å².